The van der Waals surface area contributed by atoms with Crippen LogP contribution in [0.25, 0.3) is 0 Å². The number of hydrogen-bond donors (Lipinski definition) is 1. The Bertz CT molecular complexity index is 331. The van der Waals surface area contributed by atoms with Gasteiger partial charge in [0.2, 0.25) is 0 Å². The fourth-order valence-electron chi connectivity index (χ4n) is 2.47. The van der Waals surface area contributed by atoms with E-state index in [-0.39, 0.29) is 0 Å². The third-order valence-corrected chi connectivity index (χ3v) is 4.50. The summed E-state index contributed by atoms with van der Waals surface area (Å²) < 4.78 is 5.47. The van der Waals surface area contributed by atoms with Gasteiger partial charge in [-0.3, -0.25) is 0 Å². The monoisotopic (exact) mass is 253 g/mol. The summed E-state index contributed by atoms with van der Waals surface area (Å²) in [4.78, 5) is 2.92. The van der Waals surface area contributed by atoms with Crippen LogP contribution in [0, 0.1) is 12.8 Å². The summed E-state index contributed by atoms with van der Waals surface area (Å²) in [7, 11) is 0. The van der Waals surface area contributed by atoms with Gasteiger partial charge in [0.15, 0.2) is 0 Å². The highest BCUT2D eigenvalue weighted by atomic mass is 32.1. The number of aryl methyl sites for hydroxylation is 1. The van der Waals surface area contributed by atoms with Gasteiger partial charge in [0.05, 0.1) is 0 Å². The van der Waals surface area contributed by atoms with E-state index in [1.807, 2.05) is 11.3 Å². The average Bonchev–Trinajstić information content (AvgIpc) is 2.78. The summed E-state index contributed by atoms with van der Waals surface area (Å²) in [6, 6.07) is 5.07. The quantitative estimate of drug-likeness (QED) is 0.867. The van der Waals surface area contributed by atoms with Crippen molar-refractivity contribution in [1.82, 2.24) is 5.32 Å². The Morgan fingerprint density at radius 3 is 2.76 bits per heavy atom. The molecule has 3 heteroatoms. The van der Waals surface area contributed by atoms with Gasteiger partial charge in [0, 0.05) is 29.0 Å². The van der Waals surface area contributed by atoms with Crippen LogP contribution < -0.4 is 5.32 Å². The third kappa shape index (κ3) is 3.54. The van der Waals surface area contributed by atoms with Crippen molar-refractivity contribution in [3.63, 3.8) is 0 Å². The number of hydrogen-bond acceptors (Lipinski definition) is 3. The topological polar surface area (TPSA) is 21.3 Å². The number of rotatable bonds is 5. The first kappa shape index (κ1) is 13.1. The normalized spacial score (nSPS) is 19.4. The molecule has 1 atom stereocenters. The first-order chi connectivity index (χ1) is 8.31. The second-order valence-electron chi connectivity index (χ2n) is 4.83. The molecule has 17 heavy (non-hydrogen) atoms. The van der Waals surface area contributed by atoms with Crippen molar-refractivity contribution in [3.05, 3.63) is 21.9 Å². The average molecular weight is 253 g/mol. The van der Waals surface area contributed by atoms with Crippen molar-refractivity contribution in [2.45, 2.75) is 39.2 Å². The van der Waals surface area contributed by atoms with Crippen molar-refractivity contribution < 1.29 is 4.74 Å². The molecule has 1 aliphatic heterocycles. The highest BCUT2D eigenvalue weighted by Gasteiger charge is 2.25. The summed E-state index contributed by atoms with van der Waals surface area (Å²) in [5, 5.41) is 3.72. The van der Waals surface area contributed by atoms with Gasteiger partial charge in [-0.1, -0.05) is 6.92 Å². The maximum atomic E-state index is 5.47. The van der Waals surface area contributed by atoms with E-state index in [1.165, 1.54) is 29.0 Å². The minimum absolute atomic E-state index is 0.539. The smallest absolute Gasteiger partial charge is 0.0469 e. The summed E-state index contributed by atoms with van der Waals surface area (Å²) in [6.45, 7) is 7.39. The van der Waals surface area contributed by atoms with Crippen molar-refractivity contribution in [2.75, 3.05) is 19.8 Å². The van der Waals surface area contributed by atoms with Crippen molar-refractivity contribution in [3.8, 4) is 0 Å². The molecule has 1 aromatic heterocycles. The largest absolute Gasteiger partial charge is 0.381 e. The molecule has 0 aromatic carbocycles. The molecule has 1 unspecified atom stereocenters. The molecule has 2 nitrogen and oxygen atoms in total. The predicted molar refractivity (Wildman–Crippen MR) is 73.6 cm³/mol. The number of nitrogens with one attached hydrogen (secondary N) is 1. The maximum absolute atomic E-state index is 5.47. The molecule has 0 aliphatic carbocycles. The lowest BCUT2D eigenvalue weighted by molar-refractivity contribution is 0.0540. The van der Waals surface area contributed by atoms with E-state index in [4.69, 9.17) is 4.74 Å². The first-order valence-corrected chi connectivity index (χ1v) is 7.50. The molecule has 1 fully saturated rings. The van der Waals surface area contributed by atoms with E-state index in [1.54, 1.807) is 0 Å². The van der Waals surface area contributed by atoms with Gasteiger partial charge in [-0.05, 0) is 50.8 Å². The SMILES string of the molecule is CCCNC(c1ccc(C)s1)C1CCOCC1. The molecule has 1 aliphatic rings. The van der Waals surface area contributed by atoms with Crippen molar-refractivity contribution in [2.24, 2.45) is 5.92 Å². The molecule has 0 radical (unpaired) electrons. The van der Waals surface area contributed by atoms with Crippen molar-refractivity contribution in [1.29, 1.82) is 0 Å². The van der Waals surface area contributed by atoms with Gasteiger partial charge < -0.3 is 10.1 Å². The molecule has 96 valence electrons. The van der Waals surface area contributed by atoms with Crippen LogP contribution in [-0.4, -0.2) is 19.8 Å². The van der Waals surface area contributed by atoms with Crippen LogP contribution in [0.4, 0.5) is 0 Å². The highest BCUT2D eigenvalue weighted by molar-refractivity contribution is 7.12. The maximum Gasteiger partial charge on any atom is 0.0469 e. The molecule has 0 spiro atoms. The second-order valence-corrected chi connectivity index (χ2v) is 6.15. The van der Waals surface area contributed by atoms with Crippen LogP contribution in [-0.2, 0) is 4.74 Å². The van der Waals surface area contributed by atoms with Crippen LogP contribution in [0.1, 0.15) is 42.0 Å². The molecule has 1 aromatic rings. The molecule has 1 N–H and O–H groups in total. The van der Waals surface area contributed by atoms with Gasteiger partial charge >= 0.3 is 0 Å². The zero-order valence-corrected chi connectivity index (χ0v) is 11.7. The fourth-order valence-corrected chi connectivity index (χ4v) is 3.52. The lowest BCUT2D eigenvalue weighted by Gasteiger charge is -2.30. The Labute approximate surface area is 108 Å². The Balaban J connectivity index is 2.06. The molecule has 0 bridgehead atoms. The fraction of sp³-hybridized carbons (Fsp3) is 0.714. The Hall–Kier alpha value is -0.380. The first-order valence-electron chi connectivity index (χ1n) is 6.68. The Morgan fingerprint density at radius 2 is 2.18 bits per heavy atom. The second kappa shape index (κ2) is 6.53. The van der Waals surface area contributed by atoms with Gasteiger partial charge in [0.25, 0.3) is 0 Å². The number of ether oxygens (including phenoxy) is 1. The summed E-state index contributed by atoms with van der Waals surface area (Å²) in [5.74, 6) is 0.744. The third-order valence-electron chi connectivity index (χ3n) is 3.42. The van der Waals surface area contributed by atoms with Crippen LogP contribution in [0.2, 0.25) is 0 Å². The van der Waals surface area contributed by atoms with Gasteiger partial charge in [-0.15, -0.1) is 11.3 Å². The van der Waals surface area contributed by atoms with Gasteiger partial charge in [0.1, 0.15) is 0 Å². The summed E-state index contributed by atoms with van der Waals surface area (Å²) >= 11 is 1.94. The van der Waals surface area contributed by atoms with Crippen LogP contribution in [0.3, 0.4) is 0 Å². The van der Waals surface area contributed by atoms with E-state index in [0.29, 0.717) is 6.04 Å². The van der Waals surface area contributed by atoms with E-state index in [0.717, 1.165) is 25.7 Å². The molecule has 0 saturated carbocycles. The van der Waals surface area contributed by atoms with Crippen LogP contribution in [0.15, 0.2) is 12.1 Å². The van der Waals surface area contributed by atoms with Gasteiger partial charge in [-0.25, -0.2) is 0 Å². The molecule has 0 amide bonds. The molecule has 2 rings (SSSR count). The van der Waals surface area contributed by atoms with Crippen molar-refractivity contribution >= 4 is 11.3 Å². The zero-order valence-electron chi connectivity index (χ0n) is 10.9. The molecular weight excluding hydrogens is 230 g/mol. The Kier molecular flexibility index (Phi) is 5.01. The predicted octanol–water partition coefficient (Wildman–Crippen LogP) is 3.52. The van der Waals surface area contributed by atoms with E-state index >= 15 is 0 Å². The minimum atomic E-state index is 0.539. The zero-order chi connectivity index (χ0) is 12.1. The lowest BCUT2D eigenvalue weighted by Crippen LogP contribution is -2.32. The highest BCUT2D eigenvalue weighted by Crippen LogP contribution is 2.33. The van der Waals surface area contributed by atoms with Crippen LogP contribution >= 0.6 is 11.3 Å². The van der Waals surface area contributed by atoms with Crippen LogP contribution in [0.5, 0.6) is 0 Å². The van der Waals surface area contributed by atoms with E-state index < -0.39 is 0 Å². The van der Waals surface area contributed by atoms with Gasteiger partial charge in [-0.2, -0.15) is 0 Å². The molecule has 1 saturated heterocycles. The number of thiophene rings is 1. The Morgan fingerprint density at radius 1 is 1.41 bits per heavy atom. The molecular formula is C14H23NOS. The summed E-state index contributed by atoms with van der Waals surface area (Å²) in [5.41, 5.74) is 0. The standard InChI is InChI=1S/C14H23NOS/c1-3-8-15-14(12-6-9-16-10-7-12)13-5-4-11(2)17-13/h4-5,12,14-15H,3,6-10H2,1-2H3. The lowest BCUT2D eigenvalue weighted by atomic mass is 9.90. The van der Waals surface area contributed by atoms with E-state index in [9.17, 15) is 0 Å². The minimum Gasteiger partial charge on any atom is -0.381 e. The summed E-state index contributed by atoms with van der Waals surface area (Å²) in [6.07, 6.45) is 3.58. The molecule has 2 heterocycles. The van der Waals surface area contributed by atoms with E-state index in [2.05, 4.69) is 31.3 Å².